The van der Waals surface area contributed by atoms with Crippen LogP contribution in [-0.4, -0.2) is 23.4 Å². The lowest BCUT2D eigenvalue weighted by Gasteiger charge is -2.09. The van der Waals surface area contributed by atoms with E-state index in [4.69, 9.17) is 16.3 Å². The average molecular weight is 316 g/mol. The predicted octanol–water partition coefficient (Wildman–Crippen LogP) is 2.76. The molecule has 2 rings (SSSR count). The van der Waals surface area contributed by atoms with Gasteiger partial charge in [0.05, 0.1) is 12.1 Å². The van der Waals surface area contributed by atoms with E-state index in [1.165, 1.54) is 0 Å². The van der Waals surface area contributed by atoms with Gasteiger partial charge in [0.2, 0.25) is 5.43 Å². The van der Waals surface area contributed by atoms with Gasteiger partial charge >= 0.3 is 5.97 Å². The third kappa shape index (κ3) is 2.76. The van der Waals surface area contributed by atoms with Crippen molar-refractivity contribution >= 4 is 28.5 Å². The summed E-state index contributed by atoms with van der Waals surface area (Å²) in [4.78, 5) is 26.5. The zero-order valence-electron chi connectivity index (χ0n) is 11.1. The number of H-pyrrole nitrogens is 1. The number of aromatic nitrogens is 1. The fourth-order valence-corrected chi connectivity index (χ4v) is 2.26. The normalized spacial score (nSPS) is 10.9. The van der Waals surface area contributed by atoms with E-state index in [0.29, 0.717) is 0 Å². The third-order valence-corrected chi connectivity index (χ3v) is 3.20. The molecule has 4 nitrogen and oxygen atoms in total. The van der Waals surface area contributed by atoms with Gasteiger partial charge in [-0.05, 0) is 19.4 Å². The number of hydrogen-bond acceptors (Lipinski definition) is 3. The van der Waals surface area contributed by atoms with E-state index < -0.39 is 23.0 Å². The Bertz CT molecular complexity index is 758. The van der Waals surface area contributed by atoms with Crippen molar-refractivity contribution in [2.45, 2.75) is 13.3 Å². The quantitative estimate of drug-likeness (QED) is 0.697. The number of ether oxygens (including phenoxy) is 1. The first-order chi connectivity index (χ1) is 10.0. The van der Waals surface area contributed by atoms with Crippen molar-refractivity contribution in [3.05, 3.63) is 45.2 Å². The molecule has 0 aliphatic heterocycles. The number of nitrogens with one attached hydrogen (secondary N) is 1. The maximum Gasteiger partial charge on any atom is 0.343 e. The lowest BCUT2D eigenvalue weighted by Crippen LogP contribution is -2.19. The molecule has 0 fully saturated rings. The van der Waals surface area contributed by atoms with Crippen molar-refractivity contribution in [1.82, 2.24) is 4.98 Å². The van der Waals surface area contributed by atoms with Gasteiger partial charge in [-0.3, -0.25) is 4.79 Å². The Morgan fingerprint density at radius 1 is 1.43 bits per heavy atom. The molecule has 1 aromatic carbocycles. The minimum atomic E-state index is -1.16. The second-order valence-corrected chi connectivity index (χ2v) is 4.64. The van der Waals surface area contributed by atoms with Gasteiger partial charge in [0, 0.05) is 23.0 Å². The molecule has 21 heavy (non-hydrogen) atoms. The molecule has 0 atom stereocenters. The zero-order chi connectivity index (χ0) is 15.6. The largest absolute Gasteiger partial charge is 0.462 e. The number of pyridine rings is 1. The van der Waals surface area contributed by atoms with Crippen molar-refractivity contribution in [3.8, 4) is 0 Å². The summed E-state index contributed by atoms with van der Waals surface area (Å²) in [6, 6.07) is 0.768. The number of hydrogen-bond donors (Lipinski definition) is 1. The first-order valence-electron chi connectivity index (χ1n) is 6.26. The fourth-order valence-electron chi connectivity index (χ4n) is 2.07. The van der Waals surface area contributed by atoms with Crippen molar-refractivity contribution in [2.24, 2.45) is 0 Å². The summed E-state index contributed by atoms with van der Waals surface area (Å²) in [5, 5.41) is -0.112. The fraction of sp³-hybridized carbons (Fsp3) is 0.286. The molecule has 1 heterocycles. The summed E-state index contributed by atoms with van der Waals surface area (Å²) in [5.41, 5.74) is -0.857. The van der Waals surface area contributed by atoms with Gasteiger partial charge < -0.3 is 9.72 Å². The number of fused-ring (bicyclic) bond motifs is 1. The summed E-state index contributed by atoms with van der Waals surface area (Å²) in [6.07, 6.45) is 1.19. The highest BCUT2D eigenvalue weighted by Crippen LogP contribution is 2.22. The number of carbonyl (C=O) groups is 1. The van der Waals surface area contributed by atoms with E-state index in [2.05, 4.69) is 4.98 Å². The first-order valence-corrected chi connectivity index (χ1v) is 6.80. The van der Waals surface area contributed by atoms with E-state index in [1.807, 2.05) is 0 Å². The summed E-state index contributed by atoms with van der Waals surface area (Å²) in [5.74, 6) is -2.96. The minimum Gasteiger partial charge on any atom is -0.462 e. The van der Waals surface area contributed by atoms with Gasteiger partial charge in [-0.2, -0.15) is 0 Å². The molecule has 1 aromatic heterocycles. The molecule has 0 saturated heterocycles. The van der Waals surface area contributed by atoms with E-state index in [9.17, 15) is 18.4 Å². The molecule has 0 amide bonds. The van der Waals surface area contributed by atoms with Crippen LogP contribution in [0.4, 0.5) is 8.78 Å². The van der Waals surface area contributed by atoms with E-state index in [1.54, 1.807) is 6.92 Å². The number of carbonyl (C=O) groups excluding carboxylic acids is 1. The topological polar surface area (TPSA) is 59.2 Å². The van der Waals surface area contributed by atoms with Crippen molar-refractivity contribution in [1.29, 1.82) is 0 Å². The zero-order valence-corrected chi connectivity index (χ0v) is 11.9. The molecular weight excluding hydrogens is 304 g/mol. The summed E-state index contributed by atoms with van der Waals surface area (Å²) < 4.78 is 32.1. The van der Waals surface area contributed by atoms with Gasteiger partial charge in [-0.15, -0.1) is 11.6 Å². The Balaban J connectivity index is 2.74. The maximum absolute atomic E-state index is 13.8. The van der Waals surface area contributed by atoms with Gasteiger partial charge in [-0.1, -0.05) is 0 Å². The highest BCUT2D eigenvalue weighted by molar-refractivity contribution is 6.18. The third-order valence-electron chi connectivity index (χ3n) is 3.01. The average Bonchev–Trinajstić information content (AvgIpc) is 2.45. The van der Waals surface area contributed by atoms with E-state index in [0.717, 1.165) is 12.3 Å². The number of aryl methyl sites for hydroxylation is 1. The summed E-state index contributed by atoms with van der Waals surface area (Å²) >= 11 is 5.57. The van der Waals surface area contributed by atoms with Crippen LogP contribution < -0.4 is 5.43 Å². The Morgan fingerprint density at radius 3 is 2.76 bits per heavy atom. The van der Waals surface area contributed by atoms with Crippen LogP contribution in [0.1, 0.15) is 22.8 Å². The number of esters is 1. The van der Waals surface area contributed by atoms with Crippen molar-refractivity contribution in [3.63, 3.8) is 0 Å². The molecule has 1 N–H and O–H groups in total. The number of aromatic amines is 1. The Hall–Kier alpha value is -1.95. The van der Waals surface area contributed by atoms with Crippen molar-refractivity contribution < 1.29 is 18.3 Å². The van der Waals surface area contributed by atoms with Gasteiger partial charge in [0.15, 0.2) is 11.6 Å². The minimum absolute atomic E-state index is 0.0208. The first kappa shape index (κ1) is 15.4. The van der Waals surface area contributed by atoms with Gasteiger partial charge in [0.1, 0.15) is 5.56 Å². The van der Waals surface area contributed by atoms with Gasteiger partial charge in [-0.25, -0.2) is 13.6 Å². The Labute approximate surface area is 123 Å². The smallest absolute Gasteiger partial charge is 0.343 e. The number of alkyl halides is 1. The van der Waals surface area contributed by atoms with E-state index >= 15 is 0 Å². The molecule has 0 aliphatic rings. The number of halogens is 3. The second kappa shape index (κ2) is 6.22. The van der Waals surface area contributed by atoms with Crippen LogP contribution >= 0.6 is 11.6 Å². The lowest BCUT2D eigenvalue weighted by atomic mass is 10.0. The predicted molar refractivity (Wildman–Crippen MR) is 74.9 cm³/mol. The SMILES string of the molecule is CCOC(=O)c1c[nH]c2c(CCCl)c(F)c(F)cc2c1=O. The molecule has 0 radical (unpaired) electrons. The molecule has 7 heteroatoms. The molecule has 0 spiro atoms. The summed E-state index contributed by atoms with van der Waals surface area (Å²) in [6.45, 7) is 1.70. The van der Waals surface area contributed by atoms with Crippen LogP contribution in [0.5, 0.6) is 0 Å². The molecule has 112 valence electrons. The molecule has 0 unspecified atom stereocenters. The Morgan fingerprint density at radius 2 is 2.14 bits per heavy atom. The highest BCUT2D eigenvalue weighted by atomic mass is 35.5. The lowest BCUT2D eigenvalue weighted by molar-refractivity contribution is 0.0524. The van der Waals surface area contributed by atoms with Gasteiger partial charge in [0.25, 0.3) is 0 Å². The monoisotopic (exact) mass is 315 g/mol. The summed E-state index contributed by atoms with van der Waals surface area (Å²) in [7, 11) is 0. The van der Waals surface area contributed by atoms with Crippen LogP contribution in [0.15, 0.2) is 17.1 Å². The van der Waals surface area contributed by atoms with Crippen LogP contribution in [0.2, 0.25) is 0 Å². The van der Waals surface area contributed by atoms with Crippen molar-refractivity contribution in [2.75, 3.05) is 12.5 Å². The molecule has 2 aromatic rings. The van der Waals surface area contributed by atoms with Crippen LogP contribution in [0, 0.1) is 11.6 Å². The van der Waals surface area contributed by atoms with Crippen LogP contribution in [0.3, 0.4) is 0 Å². The molecular formula is C14H12ClF2NO3. The number of benzene rings is 1. The standard InChI is InChI=1S/C14H12ClF2NO3/c1-2-21-14(20)9-6-18-12-7(3-4-15)11(17)10(16)5-8(12)13(9)19/h5-6H,2-4H2,1H3,(H,18,19). The maximum atomic E-state index is 13.8. The highest BCUT2D eigenvalue weighted by Gasteiger charge is 2.19. The number of rotatable bonds is 4. The Kier molecular flexibility index (Phi) is 4.57. The molecule has 0 bridgehead atoms. The molecule has 0 aliphatic carbocycles. The van der Waals surface area contributed by atoms with E-state index in [-0.39, 0.29) is 40.9 Å². The second-order valence-electron chi connectivity index (χ2n) is 4.26. The molecule has 0 saturated carbocycles. The van der Waals surface area contributed by atoms with Crippen LogP contribution in [-0.2, 0) is 11.2 Å². The van der Waals surface area contributed by atoms with Crippen LogP contribution in [0.25, 0.3) is 10.9 Å².